The Bertz CT molecular complexity index is 598. The van der Waals surface area contributed by atoms with Crippen molar-refractivity contribution in [3.8, 4) is 5.75 Å². The number of non-ortho nitro benzene ring substituents is 1. The second kappa shape index (κ2) is 5.71. The summed E-state index contributed by atoms with van der Waals surface area (Å²) in [5.41, 5.74) is 0.740. The van der Waals surface area contributed by atoms with E-state index in [1.807, 2.05) is 4.57 Å². The van der Waals surface area contributed by atoms with E-state index in [-0.39, 0.29) is 11.6 Å². The van der Waals surface area contributed by atoms with E-state index < -0.39 is 4.92 Å². The Balaban J connectivity index is 2.37. The number of aromatic nitrogens is 2. The number of imidazole rings is 1. The van der Waals surface area contributed by atoms with Crippen LogP contribution in [0.4, 0.5) is 5.69 Å². The number of alkyl halides is 1. The van der Waals surface area contributed by atoms with Gasteiger partial charge in [0.25, 0.3) is 5.69 Å². The molecule has 19 heavy (non-hydrogen) atoms. The third-order valence-corrected chi connectivity index (χ3v) is 2.98. The molecule has 0 saturated heterocycles. The predicted octanol–water partition coefficient (Wildman–Crippen LogP) is 2.59. The van der Waals surface area contributed by atoms with Gasteiger partial charge < -0.3 is 9.30 Å². The first-order chi connectivity index (χ1) is 9.15. The molecule has 1 heterocycles. The fraction of sp³-hybridized carbons (Fsp3) is 0.250. The average Bonchev–Trinajstić information content (AvgIpc) is 2.85. The summed E-state index contributed by atoms with van der Waals surface area (Å²) in [5, 5.41) is 10.8. The van der Waals surface area contributed by atoms with Crippen LogP contribution in [-0.2, 0) is 12.4 Å². The normalized spacial score (nSPS) is 10.4. The van der Waals surface area contributed by atoms with Gasteiger partial charge in [0, 0.05) is 30.1 Å². The Morgan fingerprint density at radius 3 is 2.95 bits per heavy atom. The summed E-state index contributed by atoms with van der Waals surface area (Å²) in [6.07, 6.45) is 3.41. The first kappa shape index (κ1) is 13.4. The smallest absolute Gasteiger partial charge is 0.270 e. The summed E-state index contributed by atoms with van der Waals surface area (Å²) in [4.78, 5) is 14.5. The molecule has 0 unspecified atom stereocenters. The number of ether oxygens (including phenoxy) is 1. The number of halogens is 1. The molecule has 0 N–H and O–H groups in total. The number of nitro groups is 1. The molecule has 0 spiro atoms. The lowest BCUT2D eigenvalue weighted by Gasteiger charge is -2.10. The van der Waals surface area contributed by atoms with E-state index in [1.54, 1.807) is 18.5 Å². The number of hydrogen-bond acceptors (Lipinski definition) is 4. The van der Waals surface area contributed by atoms with Crippen LogP contribution >= 0.6 is 11.6 Å². The fourth-order valence-electron chi connectivity index (χ4n) is 1.80. The molecule has 0 saturated carbocycles. The van der Waals surface area contributed by atoms with Gasteiger partial charge in [-0.3, -0.25) is 10.1 Å². The van der Waals surface area contributed by atoms with E-state index in [2.05, 4.69) is 4.98 Å². The van der Waals surface area contributed by atoms with Gasteiger partial charge in [0.1, 0.15) is 11.6 Å². The van der Waals surface area contributed by atoms with Crippen molar-refractivity contribution in [2.45, 2.75) is 12.4 Å². The third-order valence-electron chi connectivity index (χ3n) is 2.74. The molecule has 0 amide bonds. The predicted molar refractivity (Wildman–Crippen MR) is 70.5 cm³/mol. The first-order valence-electron chi connectivity index (χ1n) is 5.53. The Hall–Kier alpha value is -2.08. The second-order valence-electron chi connectivity index (χ2n) is 3.86. The number of benzene rings is 1. The van der Waals surface area contributed by atoms with Crippen molar-refractivity contribution in [1.82, 2.24) is 9.55 Å². The van der Waals surface area contributed by atoms with E-state index >= 15 is 0 Å². The van der Waals surface area contributed by atoms with Crippen LogP contribution in [0.25, 0.3) is 0 Å². The number of hydrogen-bond donors (Lipinski definition) is 0. The second-order valence-corrected chi connectivity index (χ2v) is 4.13. The fourth-order valence-corrected chi connectivity index (χ4v) is 2.02. The number of rotatable bonds is 5. The summed E-state index contributed by atoms with van der Waals surface area (Å²) in [6.45, 7) is 0.424. The van der Waals surface area contributed by atoms with Gasteiger partial charge in [-0.05, 0) is 6.07 Å². The summed E-state index contributed by atoms with van der Waals surface area (Å²) in [7, 11) is 1.53. The Kier molecular flexibility index (Phi) is 4.01. The van der Waals surface area contributed by atoms with Crippen LogP contribution in [0.15, 0.2) is 30.6 Å². The largest absolute Gasteiger partial charge is 0.496 e. The van der Waals surface area contributed by atoms with Crippen molar-refractivity contribution in [2.24, 2.45) is 0 Å². The lowest BCUT2D eigenvalue weighted by atomic mass is 10.1. The molecular formula is C12H12ClN3O3. The van der Waals surface area contributed by atoms with E-state index in [0.717, 1.165) is 0 Å². The lowest BCUT2D eigenvalue weighted by Crippen LogP contribution is -2.05. The zero-order valence-electron chi connectivity index (χ0n) is 10.2. The highest BCUT2D eigenvalue weighted by Gasteiger charge is 2.12. The Morgan fingerprint density at radius 1 is 1.53 bits per heavy atom. The number of nitro benzene ring substituents is 1. The standard InChI is InChI=1S/C12H12ClN3O3/c1-19-11-3-2-10(16(17)18)6-9(11)8-15-5-4-14-12(15)7-13/h2-6H,7-8H2,1H3. The maximum Gasteiger partial charge on any atom is 0.270 e. The van der Waals surface area contributed by atoms with Crippen molar-refractivity contribution in [2.75, 3.05) is 7.11 Å². The monoisotopic (exact) mass is 281 g/mol. The van der Waals surface area contributed by atoms with Crippen molar-refractivity contribution >= 4 is 17.3 Å². The highest BCUT2D eigenvalue weighted by Crippen LogP contribution is 2.25. The van der Waals surface area contributed by atoms with E-state index in [4.69, 9.17) is 16.3 Å². The molecule has 0 aliphatic carbocycles. The maximum atomic E-state index is 10.8. The molecule has 6 nitrogen and oxygen atoms in total. The van der Waals surface area contributed by atoms with Gasteiger partial charge in [0.15, 0.2) is 0 Å². The Morgan fingerprint density at radius 2 is 2.32 bits per heavy atom. The molecule has 2 aromatic rings. The van der Waals surface area contributed by atoms with Gasteiger partial charge in [-0.1, -0.05) is 0 Å². The van der Waals surface area contributed by atoms with Gasteiger partial charge in [-0.25, -0.2) is 4.98 Å². The molecule has 7 heteroatoms. The lowest BCUT2D eigenvalue weighted by molar-refractivity contribution is -0.384. The van der Waals surface area contributed by atoms with E-state index in [0.29, 0.717) is 23.7 Å². The topological polar surface area (TPSA) is 70.2 Å². The zero-order chi connectivity index (χ0) is 13.8. The molecule has 0 atom stereocenters. The quantitative estimate of drug-likeness (QED) is 0.480. The van der Waals surface area contributed by atoms with Crippen molar-refractivity contribution in [1.29, 1.82) is 0 Å². The van der Waals surface area contributed by atoms with Crippen LogP contribution < -0.4 is 4.74 Å². The SMILES string of the molecule is COc1ccc([N+](=O)[O-])cc1Cn1ccnc1CCl. The van der Waals surface area contributed by atoms with E-state index in [1.165, 1.54) is 19.2 Å². The first-order valence-corrected chi connectivity index (χ1v) is 6.06. The van der Waals surface area contributed by atoms with Gasteiger partial charge >= 0.3 is 0 Å². The molecule has 0 fully saturated rings. The van der Waals surface area contributed by atoms with E-state index in [9.17, 15) is 10.1 Å². The van der Waals surface area contributed by atoms with Gasteiger partial charge in [-0.15, -0.1) is 11.6 Å². The van der Waals surface area contributed by atoms with Crippen LogP contribution in [0.2, 0.25) is 0 Å². The van der Waals surface area contributed by atoms with Crippen LogP contribution in [0.3, 0.4) is 0 Å². The average molecular weight is 282 g/mol. The molecule has 1 aromatic heterocycles. The number of methoxy groups -OCH3 is 1. The third kappa shape index (κ3) is 2.85. The summed E-state index contributed by atoms with van der Waals surface area (Å²) < 4.78 is 7.04. The molecule has 100 valence electrons. The van der Waals surface area contributed by atoms with Crippen LogP contribution in [0.5, 0.6) is 5.75 Å². The summed E-state index contributed by atoms with van der Waals surface area (Å²) in [6, 6.07) is 4.50. The zero-order valence-corrected chi connectivity index (χ0v) is 11.0. The number of nitrogens with zero attached hydrogens (tertiary/aromatic N) is 3. The highest BCUT2D eigenvalue weighted by atomic mass is 35.5. The van der Waals surface area contributed by atoms with Crippen LogP contribution in [-0.4, -0.2) is 21.6 Å². The molecule has 0 aliphatic heterocycles. The maximum absolute atomic E-state index is 10.8. The minimum Gasteiger partial charge on any atom is -0.496 e. The molecular weight excluding hydrogens is 270 g/mol. The van der Waals surface area contributed by atoms with Crippen molar-refractivity contribution in [3.05, 3.63) is 52.1 Å². The minimum atomic E-state index is -0.431. The molecule has 0 bridgehead atoms. The summed E-state index contributed by atoms with van der Waals surface area (Å²) in [5.74, 6) is 1.58. The minimum absolute atomic E-state index is 0.0309. The Labute approximate surface area is 114 Å². The highest BCUT2D eigenvalue weighted by molar-refractivity contribution is 6.16. The van der Waals surface area contributed by atoms with Crippen molar-refractivity contribution in [3.63, 3.8) is 0 Å². The molecule has 1 aromatic carbocycles. The van der Waals surface area contributed by atoms with Gasteiger partial charge in [-0.2, -0.15) is 0 Å². The van der Waals surface area contributed by atoms with Gasteiger partial charge in [0.05, 0.1) is 24.5 Å². The molecule has 0 radical (unpaired) electrons. The summed E-state index contributed by atoms with van der Waals surface area (Å²) >= 11 is 5.77. The van der Waals surface area contributed by atoms with Gasteiger partial charge in [0.2, 0.25) is 0 Å². The van der Waals surface area contributed by atoms with Crippen molar-refractivity contribution < 1.29 is 9.66 Å². The molecule has 0 aliphatic rings. The van der Waals surface area contributed by atoms with Crippen LogP contribution in [0, 0.1) is 10.1 Å². The molecule has 2 rings (SSSR count). The van der Waals surface area contributed by atoms with Crippen LogP contribution in [0.1, 0.15) is 11.4 Å².